The molecule has 0 saturated heterocycles. The number of amides is 1. The van der Waals surface area contributed by atoms with E-state index in [1.165, 1.54) is 29.5 Å². The van der Waals surface area contributed by atoms with E-state index in [0.29, 0.717) is 33.7 Å². The highest BCUT2D eigenvalue weighted by Gasteiger charge is 2.12. The smallest absolute Gasteiger partial charge is 0.261 e. The number of nitrogens with zero attached hydrogens (tertiary/aromatic N) is 5. The number of ether oxygens (including phenoxy) is 1. The number of aromatic nitrogens is 5. The average Bonchev–Trinajstić information content (AvgIpc) is 3.30. The van der Waals surface area contributed by atoms with Gasteiger partial charge in [0.15, 0.2) is 5.65 Å². The maximum atomic E-state index is 13.5. The number of hydrogen-bond donors (Lipinski definition) is 3. The van der Waals surface area contributed by atoms with Gasteiger partial charge < -0.3 is 20.1 Å². The van der Waals surface area contributed by atoms with Gasteiger partial charge in [0.25, 0.3) is 5.56 Å². The minimum Gasteiger partial charge on any atom is -0.394 e. The number of aliphatic hydroxyl groups is 1. The minimum atomic E-state index is -0.319. The quantitative estimate of drug-likeness (QED) is 0.339. The molecule has 0 aliphatic rings. The summed E-state index contributed by atoms with van der Waals surface area (Å²) in [6, 6.07) is 9.78. The Morgan fingerprint density at radius 3 is 2.80 bits per heavy atom. The van der Waals surface area contributed by atoms with Crippen molar-refractivity contribution in [1.29, 1.82) is 5.26 Å². The van der Waals surface area contributed by atoms with Crippen LogP contribution in [0.15, 0.2) is 53.8 Å². The number of nitriles is 1. The van der Waals surface area contributed by atoms with Crippen LogP contribution in [0.2, 0.25) is 0 Å². The molecule has 0 radical (unpaired) electrons. The van der Waals surface area contributed by atoms with Crippen LogP contribution in [0.5, 0.6) is 0 Å². The van der Waals surface area contributed by atoms with Gasteiger partial charge in [0.2, 0.25) is 5.91 Å². The van der Waals surface area contributed by atoms with Gasteiger partial charge in [0.1, 0.15) is 23.1 Å². The van der Waals surface area contributed by atoms with Crippen LogP contribution in [-0.4, -0.2) is 55.6 Å². The highest BCUT2D eigenvalue weighted by atomic mass is 19.1. The van der Waals surface area contributed by atoms with Crippen molar-refractivity contribution in [2.45, 2.75) is 13.3 Å². The highest BCUT2D eigenvalue weighted by molar-refractivity contribution is 5.89. The van der Waals surface area contributed by atoms with Crippen LogP contribution >= 0.6 is 0 Å². The number of hydrogen-bond acceptors (Lipinski definition) is 8. The maximum absolute atomic E-state index is 13.5. The zero-order valence-electron chi connectivity index (χ0n) is 18.7. The SMILES string of the molecule is Cc1c(F)cccc1-n1ncc2c(=O)[nH]cnc21.N#Cc1ccc(NC(=O)CCOCCO)nc1. The van der Waals surface area contributed by atoms with E-state index in [1.807, 2.05) is 6.07 Å². The molecule has 1 aromatic carbocycles. The lowest BCUT2D eigenvalue weighted by Crippen LogP contribution is -2.15. The van der Waals surface area contributed by atoms with Gasteiger partial charge in [0, 0.05) is 11.8 Å². The van der Waals surface area contributed by atoms with E-state index in [9.17, 15) is 14.0 Å². The second kappa shape index (κ2) is 12.1. The molecule has 0 spiro atoms. The third-order valence-corrected chi connectivity index (χ3v) is 4.71. The average molecular weight is 479 g/mol. The largest absolute Gasteiger partial charge is 0.394 e. The number of rotatable bonds is 7. The number of carbonyl (C=O) groups excluding carboxylic acids is 1. The number of halogens is 1. The molecule has 3 heterocycles. The van der Waals surface area contributed by atoms with Gasteiger partial charge in [-0.05, 0) is 31.2 Å². The van der Waals surface area contributed by atoms with Crippen molar-refractivity contribution in [3.8, 4) is 11.8 Å². The van der Waals surface area contributed by atoms with Crippen molar-refractivity contribution in [2.24, 2.45) is 0 Å². The molecule has 0 aliphatic heterocycles. The number of carbonyl (C=O) groups is 1. The molecular formula is C23H22FN7O4. The Labute approximate surface area is 198 Å². The van der Waals surface area contributed by atoms with Crippen molar-refractivity contribution in [3.63, 3.8) is 0 Å². The summed E-state index contributed by atoms with van der Waals surface area (Å²) in [4.78, 5) is 33.4. The molecule has 0 bridgehead atoms. The molecule has 12 heteroatoms. The molecule has 0 aliphatic carbocycles. The Morgan fingerprint density at radius 2 is 2.09 bits per heavy atom. The van der Waals surface area contributed by atoms with Crippen LogP contribution in [0.1, 0.15) is 17.5 Å². The van der Waals surface area contributed by atoms with Crippen LogP contribution in [0, 0.1) is 24.1 Å². The fraction of sp³-hybridized carbons (Fsp3) is 0.217. The first kappa shape index (κ1) is 25.2. The lowest BCUT2D eigenvalue weighted by atomic mass is 10.2. The minimum absolute atomic E-state index is 0.0567. The number of anilines is 1. The number of fused-ring (bicyclic) bond motifs is 1. The standard InChI is InChI=1S/C12H9FN4O.C11H13N3O3/c1-7-9(13)3-2-4-10(7)17-11-8(5-16-17)12(18)15-6-14-11;12-7-9-1-2-10(13-8-9)14-11(16)3-5-17-6-4-15/h2-6H,1H3,(H,14,15,18);1-2,8,15H,3-6H2,(H,13,14,16). The summed E-state index contributed by atoms with van der Waals surface area (Å²) in [5, 5.41) is 24.1. The van der Waals surface area contributed by atoms with Crippen LogP contribution in [0.25, 0.3) is 16.7 Å². The summed E-state index contributed by atoms with van der Waals surface area (Å²) < 4.78 is 19.9. The molecule has 3 aromatic heterocycles. The van der Waals surface area contributed by atoms with E-state index in [0.717, 1.165) is 0 Å². The van der Waals surface area contributed by atoms with E-state index in [1.54, 1.807) is 31.2 Å². The second-order valence-corrected chi connectivity index (χ2v) is 7.09. The summed E-state index contributed by atoms with van der Waals surface area (Å²) in [5.74, 6) is -0.141. The van der Waals surface area contributed by atoms with Gasteiger partial charge in [-0.1, -0.05) is 6.07 Å². The number of aromatic amines is 1. The van der Waals surface area contributed by atoms with E-state index in [-0.39, 0.29) is 43.5 Å². The van der Waals surface area contributed by atoms with Crippen molar-refractivity contribution in [3.05, 3.63) is 76.4 Å². The second-order valence-electron chi connectivity index (χ2n) is 7.09. The van der Waals surface area contributed by atoms with E-state index < -0.39 is 0 Å². The predicted octanol–water partition coefficient (Wildman–Crippen LogP) is 1.85. The first-order valence-electron chi connectivity index (χ1n) is 10.5. The normalized spacial score (nSPS) is 10.3. The maximum Gasteiger partial charge on any atom is 0.261 e. The number of aliphatic hydroxyl groups excluding tert-OH is 1. The molecule has 0 fully saturated rings. The van der Waals surface area contributed by atoms with Gasteiger partial charge in [-0.25, -0.2) is 19.0 Å². The van der Waals surface area contributed by atoms with E-state index >= 15 is 0 Å². The van der Waals surface area contributed by atoms with E-state index in [2.05, 4.69) is 25.4 Å². The van der Waals surface area contributed by atoms with Crippen molar-refractivity contribution >= 4 is 22.8 Å². The molecule has 4 aromatic rings. The molecule has 11 nitrogen and oxygen atoms in total. The third-order valence-electron chi connectivity index (χ3n) is 4.71. The van der Waals surface area contributed by atoms with Crippen molar-refractivity contribution in [2.75, 3.05) is 25.1 Å². The zero-order chi connectivity index (χ0) is 25.2. The van der Waals surface area contributed by atoms with Gasteiger partial charge in [-0.15, -0.1) is 0 Å². The summed E-state index contributed by atoms with van der Waals surface area (Å²) >= 11 is 0. The number of pyridine rings is 1. The molecular weight excluding hydrogens is 457 g/mol. The Morgan fingerprint density at radius 1 is 1.26 bits per heavy atom. The fourth-order valence-electron chi connectivity index (χ4n) is 2.93. The summed E-state index contributed by atoms with van der Waals surface area (Å²) in [6.45, 7) is 2.08. The molecule has 35 heavy (non-hydrogen) atoms. The van der Waals surface area contributed by atoms with Crippen LogP contribution in [0.3, 0.4) is 0 Å². The Balaban J connectivity index is 0.000000196. The summed E-state index contributed by atoms with van der Waals surface area (Å²) in [5.41, 5.74) is 1.62. The molecule has 3 N–H and O–H groups in total. The Bertz CT molecular complexity index is 1390. The predicted molar refractivity (Wildman–Crippen MR) is 124 cm³/mol. The number of H-pyrrole nitrogens is 1. The summed E-state index contributed by atoms with van der Waals surface area (Å²) in [7, 11) is 0. The van der Waals surface area contributed by atoms with Crippen molar-refractivity contribution in [1.82, 2.24) is 24.7 Å². The molecule has 0 saturated carbocycles. The molecule has 180 valence electrons. The summed E-state index contributed by atoms with van der Waals surface area (Å²) in [6.07, 6.45) is 4.31. The topological polar surface area (TPSA) is 159 Å². The van der Waals surface area contributed by atoms with Gasteiger partial charge in [-0.3, -0.25) is 9.59 Å². The molecule has 0 atom stereocenters. The van der Waals surface area contributed by atoms with Gasteiger partial charge in [0.05, 0.1) is 50.0 Å². The highest BCUT2D eigenvalue weighted by Crippen LogP contribution is 2.19. The Hall–Kier alpha value is -4.47. The van der Waals surface area contributed by atoms with Crippen LogP contribution in [0.4, 0.5) is 10.2 Å². The zero-order valence-corrected chi connectivity index (χ0v) is 18.7. The lowest BCUT2D eigenvalue weighted by molar-refractivity contribution is -0.117. The molecule has 1 amide bonds. The van der Waals surface area contributed by atoms with E-state index in [4.69, 9.17) is 15.1 Å². The number of nitrogens with one attached hydrogen (secondary N) is 2. The van der Waals surface area contributed by atoms with Gasteiger partial charge >= 0.3 is 0 Å². The monoisotopic (exact) mass is 479 g/mol. The third kappa shape index (κ3) is 6.53. The fourth-order valence-corrected chi connectivity index (χ4v) is 2.93. The first-order chi connectivity index (χ1) is 16.9. The molecule has 4 rings (SSSR count). The molecule has 0 unspecified atom stereocenters. The van der Waals surface area contributed by atoms with Crippen molar-refractivity contribution < 1.29 is 19.0 Å². The Kier molecular flexibility index (Phi) is 8.71. The van der Waals surface area contributed by atoms with Crippen LogP contribution < -0.4 is 10.9 Å². The number of benzene rings is 1. The first-order valence-corrected chi connectivity index (χ1v) is 10.5. The lowest BCUT2D eigenvalue weighted by Gasteiger charge is -2.06. The van der Waals surface area contributed by atoms with Gasteiger partial charge in [-0.2, -0.15) is 10.4 Å². The van der Waals surface area contributed by atoms with Crippen LogP contribution in [-0.2, 0) is 9.53 Å².